The van der Waals surface area contributed by atoms with E-state index in [2.05, 4.69) is 33.0 Å². The lowest BCUT2D eigenvalue weighted by Crippen LogP contribution is -2.35. The number of thiazole rings is 1. The smallest absolute Gasteiger partial charge is 0.176 e. The van der Waals surface area contributed by atoms with Gasteiger partial charge in [-0.05, 0) is 30.9 Å². The summed E-state index contributed by atoms with van der Waals surface area (Å²) in [6.45, 7) is 3.54. The molecule has 1 aliphatic heterocycles. The van der Waals surface area contributed by atoms with Crippen LogP contribution in [-0.2, 0) is 0 Å². The lowest BCUT2D eigenvalue weighted by atomic mass is 9.80. The Labute approximate surface area is 133 Å². The first-order valence-electron chi connectivity index (χ1n) is 7.70. The Kier molecular flexibility index (Phi) is 3.53. The fourth-order valence-electron chi connectivity index (χ4n) is 4.03. The number of nitrogens with zero attached hydrogens (tertiary/aromatic N) is 4. The Hall–Kier alpha value is -0.880. The first-order valence-corrected chi connectivity index (χ1v) is 9.74. The highest BCUT2D eigenvalue weighted by Gasteiger charge is 2.41. The molecule has 0 bridgehead atoms. The van der Waals surface area contributed by atoms with Crippen LogP contribution in [0.5, 0.6) is 0 Å². The van der Waals surface area contributed by atoms with Crippen LogP contribution >= 0.6 is 23.1 Å². The third-order valence-electron chi connectivity index (χ3n) is 5.00. The Balaban J connectivity index is 1.77. The van der Waals surface area contributed by atoms with Gasteiger partial charge >= 0.3 is 0 Å². The molecule has 2 aromatic heterocycles. The van der Waals surface area contributed by atoms with Crippen LogP contribution in [-0.4, -0.2) is 33.8 Å². The van der Waals surface area contributed by atoms with Crippen molar-refractivity contribution in [2.75, 3.05) is 17.7 Å². The van der Waals surface area contributed by atoms with E-state index in [1.807, 2.05) is 0 Å². The Morgan fingerprint density at radius 3 is 3.00 bits per heavy atom. The highest BCUT2D eigenvalue weighted by molar-refractivity contribution is 8.00. The van der Waals surface area contributed by atoms with Crippen molar-refractivity contribution in [3.8, 4) is 0 Å². The minimum absolute atomic E-state index is 0.673. The maximum atomic E-state index is 4.64. The summed E-state index contributed by atoms with van der Waals surface area (Å²) in [5, 5.41) is 0. The van der Waals surface area contributed by atoms with Gasteiger partial charge in [0.1, 0.15) is 11.0 Å². The second kappa shape index (κ2) is 5.39. The summed E-state index contributed by atoms with van der Waals surface area (Å²) >= 11 is 3.43. The highest BCUT2D eigenvalue weighted by atomic mass is 32.2. The van der Waals surface area contributed by atoms with Gasteiger partial charge in [-0.1, -0.05) is 31.5 Å². The zero-order valence-corrected chi connectivity index (χ0v) is 14.1. The van der Waals surface area contributed by atoms with Crippen molar-refractivity contribution in [2.45, 2.75) is 43.0 Å². The van der Waals surface area contributed by atoms with Gasteiger partial charge in [0.05, 0.1) is 0 Å². The van der Waals surface area contributed by atoms with Crippen LogP contribution in [0.2, 0.25) is 0 Å². The molecule has 0 aromatic carbocycles. The maximum absolute atomic E-state index is 4.64. The lowest BCUT2D eigenvalue weighted by Gasteiger charge is -2.32. The number of rotatable bonds is 2. The molecule has 0 radical (unpaired) electrons. The quantitative estimate of drug-likeness (QED) is 0.787. The molecule has 1 saturated heterocycles. The van der Waals surface area contributed by atoms with Crippen LogP contribution in [0, 0.1) is 11.8 Å². The molecule has 1 aliphatic carbocycles. The van der Waals surface area contributed by atoms with E-state index >= 15 is 0 Å². The van der Waals surface area contributed by atoms with Crippen molar-refractivity contribution < 1.29 is 0 Å². The summed E-state index contributed by atoms with van der Waals surface area (Å²) in [5.41, 5.74) is 0.862. The third-order valence-corrected chi connectivity index (χ3v) is 7.02. The molecule has 2 aromatic rings. The van der Waals surface area contributed by atoms with Crippen LogP contribution < -0.4 is 4.90 Å². The average Bonchev–Trinajstić information content (AvgIpc) is 3.09. The number of hydrogen-bond acceptors (Lipinski definition) is 6. The molecule has 2 aliphatic rings. The van der Waals surface area contributed by atoms with Gasteiger partial charge in [0.25, 0.3) is 0 Å². The summed E-state index contributed by atoms with van der Waals surface area (Å²) in [6.07, 6.45) is 9.21. The molecular formula is C15H20N4S2. The molecule has 3 atom stereocenters. The van der Waals surface area contributed by atoms with Crippen molar-refractivity contribution in [1.82, 2.24) is 15.0 Å². The highest BCUT2D eigenvalue weighted by Crippen LogP contribution is 2.44. The molecule has 0 spiro atoms. The van der Waals surface area contributed by atoms with Gasteiger partial charge in [0.2, 0.25) is 0 Å². The van der Waals surface area contributed by atoms with Crippen molar-refractivity contribution in [3.63, 3.8) is 0 Å². The second-order valence-corrected chi connectivity index (χ2v) is 8.23. The van der Waals surface area contributed by atoms with Crippen LogP contribution in [0.3, 0.4) is 0 Å². The van der Waals surface area contributed by atoms with E-state index in [1.54, 1.807) is 29.4 Å². The molecule has 112 valence electrons. The molecule has 6 heteroatoms. The van der Waals surface area contributed by atoms with E-state index in [1.165, 1.54) is 30.4 Å². The standard InChI is InChI=1S/C15H20N4S2/c1-9-7-19(11-6-4-3-5-10(9)11)14-12-13(16-8-17-14)18-15(20-2)21-12/h8-11H,3-7H2,1-2H3. The van der Waals surface area contributed by atoms with Crippen molar-refractivity contribution >= 4 is 39.3 Å². The molecule has 1 saturated carbocycles. The predicted octanol–water partition coefficient (Wildman–Crippen LogP) is 3.82. The van der Waals surface area contributed by atoms with Crippen molar-refractivity contribution in [2.24, 2.45) is 11.8 Å². The van der Waals surface area contributed by atoms with Gasteiger partial charge in [-0.3, -0.25) is 0 Å². The normalized spacial score (nSPS) is 29.0. The van der Waals surface area contributed by atoms with Crippen LogP contribution in [0.4, 0.5) is 5.82 Å². The third kappa shape index (κ3) is 2.23. The first kappa shape index (κ1) is 13.8. The monoisotopic (exact) mass is 320 g/mol. The van der Waals surface area contributed by atoms with Crippen LogP contribution in [0.1, 0.15) is 32.6 Å². The summed E-state index contributed by atoms with van der Waals surface area (Å²) < 4.78 is 2.25. The first-order chi connectivity index (χ1) is 10.3. The Morgan fingerprint density at radius 2 is 2.14 bits per heavy atom. The average molecular weight is 320 g/mol. The summed E-state index contributed by atoms with van der Waals surface area (Å²) in [7, 11) is 0. The fourth-order valence-corrected chi connectivity index (χ4v) is 5.55. The van der Waals surface area contributed by atoms with Crippen molar-refractivity contribution in [1.29, 1.82) is 0 Å². The Morgan fingerprint density at radius 1 is 1.29 bits per heavy atom. The van der Waals surface area contributed by atoms with Gasteiger partial charge in [-0.15, -0.1) is 11.3 Å². The van der Waals surface area contributed by atoms with Crippen LogP contribution in [0.25, 0.3) is 10.3 Å². The van der Waals surface area contributed by atoms with Gasteiger partial charge in [-0.25, -0.2) is 15.0 Å². The van der Waals surface area contributed by atoms with E-state index in [0.717, 1.165) is 34.2 Å². The van der Waals surface area contributed by atoms with Gasteiger partial charge in [0.15, 0.2) is 15.8 Å². The molecule has 4 nitrogen and oxygen atoms in total. The fraction of sp³-hybridized carbons (Fsp3) is 0.667. The molecule has 3 heterocycles. The molecule has 0 amide bonds. The number of thioether (sulfide) groups is 1. The minimum atomic E-state index is 0.673. The summed E-state index contributed by atoms with van der Waals surface area (Å²) in [6, 6.07) is 0.673. The minimum Gasteiger partial charge on any atom is -0.352 e. The second-order valence-electron chi connectivity index (χ2n) is 6.18. The number of hydrogen-bond donors (Lipinski definition) is 0. The lowest BCUT2D eigenvalue weighted by molar-refractivity contribution is 0.293. The van der Waals surface area contributed by atoms with Gasteiger partial charge in [-0.2, -0.15) is 0 Å². The molecule has 3 unspecified atom stereocenters. The topological polar surface area (TPSA) is 41.9 Å². The SMILES string of the molecule is CSc1nc2ncnc(N3CC(C)C4CCCCC43)c2s1. The van der Waals surface area contributed by atoms with Crippen molar-refractivity contribution in [3.05, 3.63) is 6.33 Å². The molecule has 0 N–H and O–H groups in total. The van der Waals surface area contributed by atoms with E-state index in [-0.39, 0.29) is 0 Å². The maximum Gasteiger partial charge on any atom is 0.176 e. The zero-order chi connectivity index (χ0) is 14.4. The largest absolute Gasteiger partial charge is 0.352 e. The number of anilines is 1. The number of fused-ring (bicyclic) bond motifs is 2. The Bertz CT molecular complexity index is 656. The van der Waals surface area contributed by atoms with E-state index < -0.39 is 0 Å². The van der Waals surface area contributed by atoms with E-state index in [9.17, 15) is 0 Å². The van der Waals surface area contributed by atoms with Gasteiger partial charge < -0.3 is 4.90 Å². The number of aromatic nitrogens is 3. The van der Waals surface area contributed by atoms with E-state index in [0.29, 0.717) is 6.04 Å². The molecule has 4 rings (SSSR count). The molecular weight excluding hydrogens is 300 g/mol. The van der Waals surface area contributed by atoms with Gasteiger partial charge in [0, 0.05) is 12.6 Å². The summed E-state index contributed by atoms with van der Waals surface area (Å²) in [5.74, 6) is 2.74. The predicted molar refractivity (Wildman–Crippen MR) is 89.2 cm³/mol. The molecule has 21 heavy (non-hydrogen) atoms. The van der Waals surface area contributed by atoms with Crippen LogP contribution in [0.15, 0.2) is 10.7 Å². The molecule has 2 fully saturated rings. The summed E-state index contributed by atoms with van der Waals surface area (Å²) in [4.78, 5) is 16.1. The zero-order valence-electron chi connectivity index (χ0n) is 12.5. The van der Waals surface area contributed by atoms with E-state index in [4.69, 9.17) is 0 Å².